The smallest absolute Gasteiger partial charge is 0.308 e. The average molecular weight is 368 g/mol. The third-order valence-corrected chi connectivity index (χ3v) is 4.28. The van der Waals surface area contributed by atoms with E-state index in [1.165, 1.54) is 0 Å². The largest absolute Gasteiger partial charge is 0.481 e. The maximum absolute atomic E-state index is 12.4. The molecule has 0 radical (unpaired) electrons. The van der Waals surface area contributed by atoms with E-state index < -0.39 is 11.9 Å². The van der Waals surface area contributed by atoms with E-state index in [0.717, 1.165) is 12.0 Å². The van der Waals surface area contributed by atoms with Crippen LogP contribution in [0.1, 0.15) is 46.0 Å². The Balaban J connectivity index is 2.08. The lowest BCUT2D eigenvalue weighted by Gasteiger charge is -2.14. The van der Waals surface area contributed by atoms with Gasteiger partial charge >= 0.3 is 5.97 Å². The third-order valence-electron chi connectivity index (χ3n) is 4.28. The van der Waals surface area contributed by atoms with Gasteiger partial charge in [0, 0.05) is 23.4 Å². The van der Waals surface area contributed by atoms with E-state index in [2.05, 4.69) is 10.6 Å². The zero-order valence-corrected chi connectivity index (χ0v) is 15.5. The van der Waals surface area contributed by atoms with Crippen molar-refractivity contribution in [3.05, 3.63) is 65.2 Å². The minimum absolute atomic E-state index is 0.0710. The van der Waals surface area contributed by atoms with Crippen molar-refractivity contribution in [3.63, 3.8) is 0 Å². The summed E-state index contributed by atoms with van der Waals surface area (Å²) in [5.74, 6) is -2.16. The van der Waals surface area contributed by atoms with Crippen molar-refractivity contribution in [2.75, 3.05) is 11.9 Å². The van der Waals surface area contributed by atoms with Crippen LogP contribution in [0.25, 0.3) is 0 Å². The van der Waals surface area contributed by atoms with E-state index >= 15 is 0 Å². The first-order valence-corrected chi connectivity index (χ1v) is 8.90. The fraction of sp³-hybridized carbons (Fsp3) is 0.286. The molecule has 1 atom stereocenters. The molecule has 2 amide bonds. The number of amides is 2. The van der Waals surface area contributed by atoms with Gasteiger partial charge in [-0.05, 0) is 43.2 Å². The number of anilines is 1. The van der Waals surface area contributed by atoms with Gasteiger partial charge in [-0.2, -0.15) is 0 Å². The molecule has 0 spiro atoms. The lowest BCUT2D eigenvalue weighted by atomic mass is 10.0. The van der Waals surface area contributed by atoms with Crippen molar-refractivity contribution < 1.29 is 19.5 Å². The molecule has 2 aromatic carbocycles. The monoisotopic (exact) mass is 368 g/mol. The highest BCUT2D eigenvalue weighted by Crippen LogP contribution is 2.18. The second kappa shape index (κ2) is 9.52. The maximum atomic E-state index is 12.4. The predicted molar refractivity (Wildman–Crippen MR) is 104 cm³/mol. The Labute approximate surface area is 158 Å². The number of nitrogens with one attached hydrogen (secondary N) is 2. The SMILES string of the molecule is CCCC(CNC(=O)c1ccc(C)c(NC(=O)c2ccccc2)c1)C(=O)O. The molecule has 2 aromatic rings. The van der Waals surface area contributed by atoms with Crippen molar-refractivity contribution >= 4 is 23.5 Å². The number of aliphatic carboxylic acids is 1. The Bertz CT molecular complexity index is 818. The molecule has 27 heavy (non-hydrogen) atoms. The van der Waals surface area contributed by atoms with E-state index in [4.69, 9.17) is 0 Å². The van der Waals surface area contributed by atoms with Gasteiger partial charge in [-0.15, -0.1) is 0 Å². The summed E-state index contributed by atoms with van der Waals surface area (Å²) >= 11 is 0. The number of rotatable bonds is 8. The lowest BCUT2D eigenvalue weighted by Crippen LogP contribution is -2.33. The Kier molecular flexibility index (Phi) is 7.11. The molecular weight excluding hydrogens is 344 g/mol. The molecule has 142 valence electrons. The van der Waals surface area contributed by atoms with Gasteiger partial charge in [-0.1, -0.05) is 37.6 Å². The maximum Gasteiger partial charge on any atom is 0.308 e. The normalized spacial score (nSPS) is 11.5. The number of carbonyl (C=O) groups is 3. The van der Waals surface area contributed by atoms with Gasteiger partial charge in [0.1, 0.15) is 0 Å². The van der Waals surface area contributed by atoms with Crippen LogP contribution in [0.4, 0.5) is 5.69 Å². The molecule has 2 rings (SSSR count). The summed E-state index contributed by atoms with van der Waals surface area (Å²) in [6.45, 7) is 3.81. The Morgan fingerprint density at radius 2 is 1.70 bits per heavy atom. The van der Waals surface area contributed by atoms with Gasteiger partial charge in [-0.3, -0.25) is 14.4 Å². The molecule has 6 nitrogen and oxygen atoms in total. The highest BCUT2D eigenvalue weighted by molar-refractivity contribution is 6.05. The second-order valence-corrected chi connectivity index (χ2v) is 6.38. The fourth-order valence-electron chi connectivity index (χ4n) is 2.66. The quantitative estimate of drug-likeness (QED) is 0.665. The number of carboxylic acids is 1. The third kappa shape index (κ3) is 5.67. The van der Waals surface area contributed by atoms with Crippen molar-refractivity contribution in [2.24, 2.45) is 5.92 Å². The minimum atomic E-state index is -0.920. The number of carboxylic acid groups (broad SMARTS) is 1. The molecule has 0 bridgehead atoms. The van der Waals surface area contributed by atoms with Crippen LogP contribution in [-0.4, -0.2) is 29.4 Å². The van der Waals surface area contributed by atoms with Gasteiger partial charge in [-0.25, -0.2) is 0 Å². The van der Waals surface area contributed by atoms with Crippen molar-refractivity contribution in [1.82, 2.24) is 5.32 Å². The van der Waals surface area contributed by atoms with Crippen LogP contribution in [0.5, 0.6) is 0 Å². The van der Waals surface area contributed by atoms with Gasteiger partial charge in [0.05, 0.1) is 5.92 Å². The van der Waals surface area contributed by atoms with Crippen LogP contribution in [0.15, 0.2) is 48.5 Å². The van der Waals surface area contributed by atoms with Gasteiger partial charge in [0.2, 0.25) is 0 Å². The van der Waals surface area contributed by atoms with Crippen molar-refractivity contribution in [1.29, 1.82) is 0 Å². The number of aryl methyl sites for hydroxylation is 1. The highest BCUT2D eigenvalue weighted by atomic mass is 16.4. The zero-order valence-electron chi connectivity index (χ0n) is 15.5. The number of benzene rings is 2. The average Bonchev–Trinajstić information content (AvgIpc) is 2.67. The summed E-state index contributed by atoms with van der Waals surface area (Å²) < 4.78 is 0. The summed E-state index contributed by atoms with van der Waals surface area (Å²) in [5, 5.41) is 14.7. The first-order chi connectivity index (χ1) is 12.9. The number of carbonyl (C=O) groups excluding carboxylic acids is 2. The van der Waals surface area contributed by atoms with Crippen LogP contribution in [0.3, 0.4) is 0 Å². The van der Waals surface area contributed by atoms with Crippen LogP contribution >= 0.6 is 0 Å². The summed E-state index contributed by atoms with van der Waals surface area (Å²) in [6, 6.07) is 13.8. The second-order valence-electron chi connectivity index (χ2n) is 6.38. The van der Waals surface area contributed by atoms with E-state index in [0.29, 0.717) is 23.2 Å². The molecule has 0 aliphatic heterocycles. The molecule has 0 heterocycles. The molecule has 0 saturated heterocycles. The molecule has 0 fully saturated rings. The first-order valence-electron chi connectivity index (χ1n) is 8.90. The molecule has 0 aliphatic carbocycles. The van der Waals surface area contributed by atoms with Crippen molar-refractivity contribution in [3.8, 4) is 0 Å². The lowest BCUT2D eigenvalue weighted by molar-refractivity contribution is -0.141. The Morgan fingerprint density at radius 3 is 2.33 bits per heavy atom. The van der Waals surface area contributed by atoms with Crippen molar-refractivity contribution in [2.45, 2.75) is 26.7 Å². The van der Waals surface area contributed by atoms with Gasteiger partial charge in [0.25, 0.3) is 11.8 Å². The van der Waals surface area contributed by atoms with Gasteiger partial charge in [0.15, 0.2) is 0 Å². The summed E-state index contributed by atoms with van der Waals surface area (Å²) in [5.41, 5.74) is 2.25. The van der Waals surface area contributed by atoms with E-state index in [-0.39, 0.29) is 18.4 Å². The molecule has 6 heteroatoms. The molecule has 1 unspecified atom stereocenters. The van der Waals surface area contributed by atoms with E-state index in [9.17, 15) is 19.5 Å². The van der Waals surface area contributed by atoms with Gasteiger partial charge < -0.3 is 15.7 Å². The number of hydrogen-bond acceptors (Lipinski definition) is 3. The summed E-state index contributed by atoms with van der Waals surface area (Å²) in [6.07, 6.45) is 1.23. The predicted octanol–water partition coefficient (Wildman–Crippen LogP) is 3.48. The van der Waals surface area contributed by atoms with E-state index in [1.54, 1.807) is 42.5 Å². The number of hydrogen-bond donors (Lipinski definition) is 3. The van der Waals surface area contributed by atoms with Crippen LogP contribution in [0.2, 0.25) is 0 Å². The van der Waals surface area contributed by atoms with Crippen LogP contribution in [0, 0.1) is 12.8 Å². The molecular formula is C21H24N2O4. The standard InChI is InChI=1S/C21H24N2O4/c1-3-7-17(21(26)27)13-22-19(24)16-11-10-14(2)18(12-16)23-20(25)15-8-5-4-6-9-15/h4-6,8-12,17H,3,7,13H2,1-2H3,(H,22,24)(H,23,25)(H,26,27). The topological polar surface area (TPSA) is 95.5 Å². The minimum Gasteiger partial charge on any atom is -0.481 e. The molecule has 3 N–H and O–H groups in total. The highest BCUT2D eigenvalue weighted by Gasteiger charge is 2.18. The summed E-state index contributed by atoms with van der Waals surface area (Å²) in [4.78, 5) is 35.9. The van der Waals surface area contributed by atoms with Crippen LogP contribution in [-0.2, 0) is 4.79 Å². The molecule has 0 saturated carbocycles. The van der Waals surface area contributed by atoms with E-state index in [1.807, 2.05) is 19.9 Å². The Morgan fingerprint density at radius 1 is 1.00 bits per heavy atom. The van der Waals surface area contributed by atoms with Crippen LogP contribution < -0.4 is 10.6 Å². The summed E-state index contributed by atoms with van der Waals surface area (Å²) in [7, 11) is 0. The zero-order chi connectivity index (χ0) is 19.8. The first kappa shape index (κ1) is 20.2. The Hall–Kier alpha value is -3.15. The molecule has 0 aliphatic rings. The molecule has 0 aromatic heterocycles. The fourth-order valence-corrected chi connectivity index (χ4v) is 2.66.